The number of nitrogens with zero attached hydrogens (tertiary/aromatic N) is 2. The third-order valence-electron chi connectivity index (χ3n) is 5.95. The molecular formula is C22H46N2. The lowest BCUT2D eigenvalue weighted by Crippen LogP contribution is -2.45. The van der Waals surface area contributed by atoms with Gasteiger partial charge in [-0.3, -0.25) is 0 Å². The van der Waals surface area contributed by atoms with Crippen LogP contribution < -0.4 is 0 Å². The van der Waals surface area contributed by atoms with Crippen LogP contribution in [0.3, 0.4) is 0 Å². The minimum atomic E-state index is 0.824. The zero-order valence-electron chi connectivity index (χ0n) is 17.5. The fraction of sp³-hybridized carbons (Fsp3) is 1.00. The second kappa shape index (κ2) is 13.2. The van der Waals surface area contributed by atoms with Gasteiger partial charge in [0.1, 0.15) is 0 Å². The van der Waals surface area contributed by atoms with E-state index >= 15 is 0 Å². The molecule has 0 spiro atoms. The Morgan fingerprint density at radius 2 is 1.50 bits per heavy atom. The number of unbranched alkanes of at least 4 members (excludes halogenated alkanes) is 4. The number of piperidine rings is 1. The van der Waals surface area contributed by atoms with Crippen molar-refractivity contribution in [2.75, 3.05) is 33.2 Å². The molecule has 0 aromatic heterocycles. The number of likely N-dealkylation sites (tertiary alicyclic amines) is 1. The SMILES string of the molecule is CCCCCCC(C)CN(C)C1CCN(CC(C)CCCC)CC1. The molecule has 144 valence electrons. The first-order valence-corrected chi connectivity index (χ1v) is 11.0. The highest BCUT2D eigenvalue weighted by atomic mass is 15.2. The van der Waals surface area contributed by atoms with E-state index in [1.54, 1.807) is 0 Å². The number of hydrogen-bond acceptors (Lipinski definition) is 2. The van der Waals surface area contributed by atoms with Gasteiger partial charge in [0.05, 0.1) is 0 Å². The van der Waals surface area contributed by atoms with Crippen molar-refractivity contribution in [2.45, 2.75) is 97.9 Å². The van der Waals surface area contributed by atoms with Crippen LogP contribution in [0.25, 0.3) is 0 Å². The maximum absolute atomic E-state index is 2.72. The molecule has 1 fully saturated rings. The molecule has 2 heteroatoms. The van der Waals surface area contributed by atoms with Crippen molar-refractivity contribution in [1.82, 2.24) is 9.80 Å². The van der Waals surface area contributed by atoms with Gasteiger partial charge < -0.3 is 9.80 Å². The summed E-state index contributed by atoms with van der Waals surface area (Å²) in [6, 6.07) is 0.824. The minimum absolute atomic E-state index is 0.824. The van der Waals surface area contributed by atoms with Gasteiger partial charge in [-0.2, -0.15) is 0 Å². The molecule has 0 saturated carbocycles. The molecule has 1 heterocycles. The molecule has 0 radical (unpaired) electrons. The van der Waals surface area contributed by atoms with Gasteiger partial charge in [0.15, 0.2) is 0 Å². The Bertz CT molecular complexity index is 284. The number of rotatable bonds is 13. The molecule has 0 aromatic rings. The molecule has 0 N–H and O–H groups in total. The molecule has 0 aliphatic carbocycles. The van der Waals surface area contributed by atoms with Crippen LogP contribution in [0.15, 0.2) is 0 Å². The normalized spacial score (nSPS) is 19.8. The van der Waals surface area contributed by atoms with Crippen molar-refractivity contribution in [3.8, 4) is 0 Å². The Morgan fingerprint density at radius 3 is 2.12 bits per heavy atom. The topological polar surface area (TPSA) is 6.48 Å². The van der Waals surface area contributed by atoms with E-state index in [1.807, 2.05) is 0 Å². The highest BCUT2D eigenvalue weighted by Gasteiger charge is 2.23. The van der Waals surface area contributed by atoms with Crippen LogP contribution in [0.2, 0.25) is 0 Å². The van der Waals surface area contributed by atoms with Gasteiger partial charge in [0.2, 0.25) is 0 Å². The van der Waals surface area contributed by atoms with Crippen LogP contribution in [0.1, 0.15) is 91.9 Å². The quantitative estimate of drug-likeness (QED) is 0.391. The number of hydrogen-bond donors (Lipinski definition) is 0. The summed E-state index contributed by atoms with van der Waals surface area (Å²) in [6.45, 7) is 14.7. The Labute approximate surface area is 153 Å². The molecule has 0 amide bonds. The van der Waals surface area contributed by atoms with Crippen molar-refractivity contribution in [2.24, 2.45) is 11.8 Å². The van der Waals surface area contributed by atoms with Crippen molar-refractivity contribution in [1.29, 1.82) is 0 Å². The first kappa shape index (κ1) is 22.0. The summed E-state index contributed by atoms with van der Waals surface area (Å²) in [5.41, 5.74) is 0. The lowest BCUT2D eigenvalue weighted by Gasteiger charge is -2.38. The van der Waals surface area contributed by atoms with E-state index in [9.17, 15) is 0 Å². The maximum Gasteiger partial charge on any atom is 0.0117 e. The Kier molecular flexibility index (Phi) is 12.0. The summed E-state index contributed by atoms with van der Waals surface area (Å²) in [7, 11) is 2.37. The third-order valence-corrected chi connectivity index (χ3v) is 5.95. The van der Waals surface area contributed by atoms with Crippen molar-refractivity contribution < 1.29 is 0 Å². The van der Waals surface area contributed by atoms with E-state index in [1.165, 1.54) is 90.4 Å². The highest BCUT2D eigenvalue weighted by Crippen LogP contribution is 2.20. The van der Waals surface area contributed by atoms with E-state index in [0.29, 0.717) is 0 Å². The van der Waals surface area contributed by atoms with Gasteiger partial charge in [-0.25, -0.2) is 0 Å². The van der Waals surface area contributed by atoms with Crippen LogP contribution in [-0.4, -0.2) is 49.1 Å². The second-order valence-corrected chi connectivity index (χ2v) is 8.67. The molecule has 0 bridgehead atoms. The van der Waals surface area contributed by atoms with Crippen molar-refractivity contribution in [3.63, 3.8) is 0 Å². The Hall–Kier alpha value is -0.0800. The fourth-order valence-corrected chi connectivity index (χ4v) is 4.28. The molecule has 1 aliphatic rings. The summed E-state index contributed by atoms with van der Waals surface area (Å²) in [5, 5.41) is 0. The predicted octanol–water partition coefficient (Wildman–Crippen LogP) is 5.82. The molecule has 0 aromatic carbocycles. The van der Waals surface area contributed by atoms with Gasteiger partial charge in [-0.15, -0.1) is 0 Å². The standard InChI is InChI=1S/C22H46N2/c1-6-8-10-11-13-20(3)18-23(5)22-14-16-24(17-15-22)19-21(4)12-9-7-2/h20-22H,6-19H2,1-5H3. The smallest absolute Gasteiger partial charge is 0.0117 e. The predicted molar refractivity (Wildman–Crippen MR) is 109 cm³/mol. The Morgan fingerprint density at radius 1 is 0.875 bits per heavy atom. The summed E-state index contributed by atoms with van der Waals surface area (Å²) in [5.74, 6) is 1.74. The van der Waals surface area contributed by atoms with E-state index in [-0.39, 0.29) is 0 Å². The van der Waals surface area contributed by atoms with Gasteiger partial charge in [-0.05, 0) is 57.7 Å². The van der Waals surface area contributed by atoms with Gasteiger partial charge in [0.25, 0.3) is 0 Å². The molecule has 2 unspecified atom stereocenters. The highest BCUT2D eigenvalue weighted by molar-refractivity contribution is 4.80. The van der Waals surface area contributed by atoms with Crippen LogP contribution >= 0.6 is 0 Å². The molecule has 1 aliphatic heterocycles. The average Bonchev–Trinajstić information content (AvgIpc) is 2.57. The lowest BCUT2D eigenvalue weighted by molar-refractivity contribution is 0.106. The second-order valence-electron chi connectivity index (χ2n) is 8.67. The van der Waals surface area contributed by atoms with E-state index < -0.39 is 0 Å². The zero-order valence-corrected chi connectivity index (χ0v) is 17.5. The monoisotopic (exact) mass is 338 g/mol. The van der Waals surface area contributed by atoms with Crippen LogP contribution in [0, 0.1) is 11.8 Å². The zero-order chi connectivity index (χ0) is 17.8. The fourth-order valence-electron chi connectivity index (χ4n) is 4.28. The molecule has 1 saturated heterocycles. The summed E-state index contributed by atoms with van der Waals surface area (Å²) < 4.78 is 0. The van der Waals surface area contributed by atoms with E-state index in [0.717, 1.165) is 17.9 Å². The maximum atomic E-state index is 2.72. The van der Waals surface area contributed by atoms with E-state index in [2.05, 4.69) is 44.5 Å². The first-order valence-electron chi connectivity index (χ1n) is 11.0. The summed E-state index contributed by atoms with van der Waals surface area (Å²) >= 11 is 0. The molecule has 24 heavy (non-hydrogen) atoms. The minimum Gasteiger partial charge on any atom is -0.303 e. The van der Waals surface area contributed by atoms with Gasteiger partial charge in [-0.1, -0.05) is 66.2 Å². The van der Waals surface area contributed by atoms with E-state index in [4.69, 9.17) is 0 Å². The summed E-state index contributed by atoms with van der Waals surface area (Å²) in [4.78, 5) is 5.39. The molecule has 2 nitrogen and oxygen atoms in total. The average molecular weight is 339 g/mol. The Balaban J connectivity index is 2.16. The third kappa shape index (κ3) is 9.42. The molecule has 2 atom stereocenters. The van der Waals surface area contributed by atoms with Crippen molar-refractivity contribution >= 4 is 0 Å². The van der Waals surface area contributed by atoms with Gasteiger partial charge >= 0.3 is 0 Å². The largest absolute Gasteiger partial charge is 0.303 e. The molecule has 1 rings (SSSR count). The van der Waals surface area contributed by atoms with Crippen molar-refractivity contribution in [3.05, 3.63) is 0 Å². The van der Waals surface area contributed by atoms with Crippen LogP contribution in [-0.2, 0) is 0 Å². The van der Waals surface area contributed by atoms with Gasteiger partial charge in [0, 0.05) is 19.1 Å². The van der Waals surface area contributed by atoms with Crippen LogP contribution in [0.4, 0.5) is 0 Å². The summed E-state index contributed by atoms with van der Waals surface area (Å²) in [6.07, 6.45) is 13.9. The van der Waals surface area contributed by atoms with Crippen LogP contribution in [0.5, 0.6) is 0 Å². The first-order chi connectivity index (χ1) is 11.6. The molecular weight excluding hydrogens is 292 g/mol. The lowest BCUT2D eigenvalue weighted by atomic mass is 9.97.